The van der Waals surface area contributed by atoms with Crippen LogP contribution in [0.5, 0.6) is 11.5 Å². The van der Waals surface area contributed by atoms with Crippen molar-refractivity contribution in [2.75, 3.05) is 26.4 Å². The largest absolute Gasteiger partial charge is 0.492 e. The van der Waals surface area contributed by atoms with Gasteiger partial charge in [0, 0.05) is 70.3 Å². The minimum atomic E-state index is -0.439. The molecule has 0 N–H and O–H groups in total. The number of hydrogen-bond donors (Lipinski definition) is 0. The number of benzene rings is 3. The Morgan fingerprint density at radius 3 is 1.29 bits per heavy atom. The van der Waals surface area contributed by atoms with Crippen LogP contribution in [-0.2, 0) is 9.47 Å². The molecule has 5 rings (SSSR count). The van der Waals surface area contributed by atoms with Gasteiger partial charge < -0.3 is 18.9 Å². The van der Waals surface area contributed by atoms with Gasteiger partial charge in [-0.25, -0.2) is 9.59 Å². The SMILES string of the molecule is CCCCOc1cc(C#Cc2ccc(C(=O)OCC)cc2C#Cc2cccnc2)c(OCCCC)cc1C#Cc1ccc(C(=O)OCC)cc1C#Cc1cccnc1. The van der Waals surface area contributed by atoms with E-state index in [0.717, 1.165) is 36.8 Å². The van der Waals surface area contributed by atoms with Gasteiger partial charge in [-0.2, -0.15) is 0 Å². The van der Waals surface area contributed by atoms with E-state index in [1.165, 1.54) is 0 Å². The maximum absolute atomic E-state index is 12.6. The normalized spacial score (nSPS) is 9.86. The van der Waals surface area contributed by atoms with E-state index >= 15 is 0 Å². The van der Waals surface area contributed by atoms with Crippen LogP contribution in [0.3, 0.4) is 0 Å². The molecule has 0 aliphatic carbocycles. The van der Waals surface area contributed by atoms with Crippen LogP contribution in [0, 0.1) is 47.4 Å². The Morgan fingerprint density at radius 2 is 0.914 bits per heavy atom. The molecule has 0 aliphatic heterocycles. The van der Waals surface area contributed by atoms with Gasteiger partial charge in [0.2, 0.25) is 0 Å². The van der Waals surface area contributed by atoms with E-state index in [2.05, 4.69) is 71.2 Å². The summed E-state index contributed by atoms with van der Waals surface area (Å²) in [5.74, 6) is 26.0. The van der Waals surface area contributed by atoms with Crippen LogP contribution < -0.4 is 9.47 Å². The Morgan fingerprint density at radius 1 is 0.500 bits per heavy atom. The summed E-state index contributed by atoms with van der Waals surface area (Å²) < 4.78 is 23.2. The van der Waals surface area contributed by atoms with Crippen molar-refractivity contribution in [2.24, 2.45) is 0 Å². The second-order valence-electron chi connectivity index (χ2n) is 12.7. The summed E-state index contributed by atoms with van der Waals surface area (Å²) in [5, 5.41) is 0. The van der Waals surface area contributed by atoms with Gasteiger partial charge in [0.15, 0.2) is 0 Å². The highest BCUT2D eigenvalue weighted by atomic mass is 16.5. The molecule has 0 amide bonds. The topological polar surface area (TPSA) is 96.8 Å². The average Bonchev–Trinajstić information content (AvgIpc) is 3.25. The Bertz CT molecular complexity index is 2290. The molecular weight excluding hydrogens is 725 g/mol. The number of pyridine rings is 2. The van der Waals surface area contributed by atoms with E-state index in [4.69, 9.17) is 18.9 Å². The highest BCUT2D eigenvalue weighted by molar-refractivity contribution is 5.91. The highest BCUT2D eigenvalue weighted by Gasteiger charge is 2.14. The molecule has 0 aliphatic rings. The lowest BCUT2D eigenvalue weighted by atomic mass is 10.0. The Balaban J connectivity index is 1.61. The third-order valence-corrected chi connectivity index (χ3v) is 8.32. The van der Waals surface area contributed by atoms with Crippen molar-refractivity contribution in [1.29, 1.82) is 0 Å². The van der Waals surface area contributed by atoms with E-state index in [9.17, 15) is 9.59 Å². The first kappa shape index (κ1) is 41.9. The van der Waals surface area contributed by atoms with Gasteiger partial charge in [0.25, 0.3) is 0 Å². The maximum Gasteiger partial charge on any atom is 0.338 e. The Kier molecular flexibility index (Phi) is 16.1. The minimum Gasteiger partial charge on any atom is -0.492 e. The number of hydrogen-bond acceptors (Lipinski definition) is 8. The number of rotatable bonds is 12. The number of carbonyl (C=O) groups excluding carboxylic acids is 2. The van der Waals surface area contributed by atoms with Gasteiger partial charge in [-0.3, -0.25) is 9.97 Å². The standard InChI is InChI=1S/C50H44N2O6/c1-5-9-29-57-47-33-44(24-20-40-22-26-46(50(54)56-8-4)32-42(40)18-16-38-14-12-28-52-36-38)48(58-30-10-6-2)34-43(47)23-19-39-21-25-45(49(53)55-7-3)31-41(39)17-15-37-13-11-27-51-35-37/h11-14,21-22,25-28,31-36H,5-10,29-30H2,1-4H3. The molecule has 0 saturated heterocycles. The summed E-state index contributed by atoms with van der Waals surface area (Å²) >= 11 is 0. The first-order valence-corrected chi connectivity index (χ1v) is 19.4. The molecule has 8 heteroatoms. The molecule has 0 atom stereocenters. The molecule has 8 nitrogen and oxygen atoms in total. The van der Waals surface area contributed by atoms with Crippen LogP contribution in [0.15, 0.2) is 97.6 Å². The third kappa shape index (κ3) is 12.4. The van der Waals surface area contributed by atoms with Gasteiger partial charge in [-0.15, -0.1) is 0 Å². The molecule has 2 heterocycles. The average molecular weight is 769 g/mol. The van der Waals surface area contributed by atoms with Gasteiger partial charge in [-0.05, 0) is 87.4 Å². The van der Waals surface area contributed by atoms with Crippen molar-refractivity contribution >= 4 is 11.9 Å². The van der Waals surface area contributed by atoms with E-state index in [1.54, 1.807) is 75.0 Å². The van der Waals surface area contributed by atoms with Crippen LogP contribution in [0.4, 0.5) is 0 Å². The molecule has 0 unspecified atom stereocenters. The second kappa shape index (κ2) is 22.3. The fourth-order valence-electron chi connectivity index (χ4n) is 5.26. The van der Waals surface area contributed by atoms with Gasteiger partial charge in [-0.1, -0.05) is 74.1 Å². The number of carbonyl (C=O) groups is 2. The zero-order chi connectivity index (χ0) is 41.0. The summed E-state index contributed by atoms with van der Waals surface area (Å²) in [6.07, 6.45) is 10.3. The van der Waals surface area contributed by atoms with E-state index in [-0.39, 0.29) is 13.2 Å². The van der Waals surface area contributed by atoms with Crippen molar-refractivity contribution in [1.82, 2.24) is 9.97 Å². The molecule has 5 aromatic rings. The molecule has 0 radical (unpaired) electrons. The molecule has 0 bridgehead atoms. The Hall–Kier alpha value is -7.26. The summed E-state index contributed by atoms with van der Waals surface area (Å²) in [4.78, 5) is 33.6. The smallest absolute Gasteiger partial charge is 0.338 e. The zero-order valence-electron chi connectivity index (χ0n) is 33.2. The Labute approximate surface area is 341 Å². The number of aromatic nitrogens is 2. The van der Waals surface area contributed by atoms with Crippen LogP contribution in [-0.4, -0.2) is 48.3 Å². The van der Waals surface area contributed by atoms with E-state index in [1.807, 2.05) is 36.4 Å². The summed E-state index contributed by atoms with van der Waals surface area (Å²) in [6, 6.07) is 21.3. The van der Waals surface area contributed by atoms with Crippen molar-refractivity contribution in [3.05, 3.63) is 153 Å². The van der Waals surface area contributed by atoms with Crippen molar-refractivity contribution in [3.63, 3.8) is 0 Å². The molecule has 0 fully saturated rings. The molecule has 290 valence electrons. The first-order chi connectivity index (χ1) is 28.4. The molecule has 58 heavy (non-hydrogen) atoms. The minimum absolute atomic E-state index is 0.254. The van der Waals surface area contributed by atoms with Gasteiger partial charge in [0.1, 0.15) is 11.5 Å². The molecule has 0 spiro atoms. The zero-order valence-corrected chi connectivity index (χ0v) is 33.2. The van der Waals surface area contributed by atoms with Crippen molar-refractivity contribution in [2.45, 2.75) is 53.4 Å². The molecule has 3 aromatic carbocycles. The van der Waals surface area contributed by atoms with Crippen LogP contribution in [0.2, 0.25) is 0 Å². The van der Waals surface area contributed by atoms with Crippen molar-refractivity contribution < 1.29 is 28.5 Å². The first-order valence-electron chi connectivity index (χ1n) is 19.4. The van der Waals surface area contributed by atoms with Gasteiger partial charge in [0.05, 0.1) is 48.7 Å². The molecular formula is C50H44N2O6. The fourth-order valence-corrected chi connectivity index (χ4v) is 5.26. The van der Waals surface area contributed by atoms with Crippen molar-refractivity contribution in [3.8, 4) is 58.9 Å². The third-order valence-electron chi connectivity index (χ3n) is 8.32. The number of unbranched alkanes of at least 4 members (excludes halogenated alkanes) is 2. The molecule has 0 saturated carbocycles. The lowest BCUT2D eigenvalue weighted by Gasteiger charge is -2.13. The summed E-state index contributed by atoms with van der Waals surface area (Å²) in [6.45, 7) is 9.19. The maximum atomic E-state index is 12.6. The number of esters is 2. The van der Waals surface area contributed by atoms with E-state index < -0.39 is 11.9 Å². The van der Waals surface area contributed by atoms with E-state index in [0.29, 0.717) is 69.2 Å². The monoisotopic (exact) mass is 768 g/mol. The van der Waals surface area contributed by atoms with Crippen LogP contribution in [0.25, 0.3) is 0 Å². The fraction of sp³-hybridized carbons (Fsp3) is 0.240. The second-order valence-corrected chi connectivity index (χ2v) is 12.7. The van der Waals surface area contributed by atoms with Gasteiger partial charge >= 0.3 is 11.9 Å². The van der Waals surface area contributed by atoms with Crippen LogP contribution >= 0.6 is 0 Å². The lowest BCUT2D eigenvalue weighted by molar-refractivity contribution is 0.0516. The number of ether oxygens (including phenoxy) is 4. The summed E-state index contributed by atoms with van der Waals surface area (Å²) in [5.41, 5.74) is 5.78. The number of nitrogens with zero attached hydrogens (tertiary/aromatic N) is 2. The quantitative estimate of drug-likeness (QED) is 0.0707. The lowest BCUT2D eigenvalue weighted by Crippen LogP contribution is -2.05. The molecule has 2 aromatic heterocycles. The highest BCUT2D eigenvalue weighted by Crippen LogP contribution is 2.29. The van der Waals surface area contributed by atoms with Crippen LogP contribution in [0.1, 0.15) is 119 Å². The predicted octanol–water partition coefficient (Wildman–Crippen LogP) is 8.79. The summed E-state index contributed by atoms with van der Waals surface area (Å²) in [7, 11) is 0. The predicted molar refractivity (Wildman–Crippen MR) is 224 cm³/mol.